The maximum Gasteiger partial charge on any atom is 0.410 e. The molecule has 0 aromatic heterocycles. The summed E-state index contributed by atoms with van der Waals surface area (Å²) < 4.78 is 25.4. The lowest BCUT2D eigenvalue weighted by Gasteiger charge is -2.46. The molecule has 158 valence electrons. The average molecular weight is 410 g/mol. The molecule has 2 aromatic carbocycles. The quantitative estimate of drug-likeness (QED) is 0.760. The highest BCUT2D eigenvalue weighted by atomic mass is 19.1. The number of fused-ring (bicyclic) bond motifs is 3. The van der Waals surface area contributed by atoms with Crippen molar-refractivity contribution in [3.05, 3.63) is 71.0 Å². The van der Waals surface area contributed by atoms with Gasteiger partial charge in [0.15, 0.2) is 0 Å². The molecule has 30 heavy (non-hydrogen) atoms. The van der Waals surface area contributed by atoms with E-state index in [1.165, 1.54) is 17.7 Å². The van der Waals surface area contributed by atoms with E-state index in [0.29, 0.717) is 19.8 Å². The molecule has 3 aliphatic heterocycles. The number of hydrogen-bond donors (Lipinski definition) is 0. The van der Waals surface area contributed by atoms with Crippen LogP contribution in [0.4, 0.5) is 9.18 Å². The van der Waals surface area contributed by atoms with Crippen LogP contribution in [-0.4, -0.2) is 61.9 Å². The molecule has 2 saturated heterocycles. The Bertz CT molecular complexity index is 905. The predicted molar refractivity (Wildman–Crippen MR) is 111 cm³/mol. The second kappa shape index (κ2) is 8.00. The Balaban J connectivity index is 1.43. The monoisotopic (exact) mass is 410 g/mol. The molecule has 3 atom stereocenters. The van der Waals surface area contributed by atoms with Crippen LogP contribution in [0.2, 0.25) is 0 Å². The van der Waals surface area contributed by atoms with E-state index in [2.05, 4.69) is 24.1 Å². The van der Waals surface area contributed by atoms with Gasteiger partial charge < -0.3 is 14.4 Å². The number of likely N-dealkylation sites (tertiary alicyclic amines) is 1. The van der Waals surface area contributed by atoms with Gasteiger partial charge in [-0.15, -0.1) is 0 Å². The minimum absolute atomic E-state index is 0.117. The smallest absolute Gasteiger partial charge is 0.410 e. The van der Waals surface area contributed by atoms with Crippen LogP contribution in [0.25, 0.3) is 0 Å². The lowest BCUT2D eigenvalue weighted by molar-refractivity contribution is -0.127. The number of rotatable bonds is 2. The molecule has 2 aromatic rings. The lowest BCUT2D eigenvalue weighted by atomic mass is 9.85. The summed E-state index contributed by atoms with van der Waals surface area (Å²) in [4.78, 5) is 17.5. The molecule has 0 N–H and O–H groups in total. The fraction of sp³-hybridized carbons (Fsp3) is 0.458. The molecular formula is C24H27FN2O3. The predicted octanol–water partition coefficient (Wildman–Crippen LogP) is 3.49. The first-order chi connectivity index (χ1) is 14.6. The van der Waals surface area contributed by atoms with Gasteiger partial charge in [-0.2, -0.15) is 0 Å². The Hall–Kier alpha value is -2.44. The number of amides is 1. The summed E-state index contributed by atoms with van der Waals surface area (Å²) in [5, 5.41) is 0. The van der Waals surface area contributed by atoms with E-state index in [4.69, 9.17) is 9.47 Å². The van der Waals surface area contributed by atoms with Crippen molar-refractivity contribution in [2.75, 3.05) is 39.9 Å². The van der Waals surface area contributed by atoms with E-state index in [1.54, 1.807) is 12.1 Å². The van der Waals surface area contributed by atoms with E-state index in [-0.39, 0.29) is 35.9 Å². The van der Waals surface area contributed by atoms with Gasteiger partial charge in [-0.1, -0.05) is 36.4 Å². The highest BCUT2D eigenvalue weighted by molar-refractivity contribution is 5.70. The second-order valence-electron chi connectivity index (χ2n) is 8.72. The molecule has 3 aliphatic rings. The van der Waals surface area contributed by atoms with Crippen LogP contribution in [0.15, 0.2) is 48.5 Å². The number of piperidine rings is 1. The zero-order valence-corrected chi connectivity index (χ0v) is 17.2. The summed E-state index contributed by atoms with van der Waals surface area (Å²) in [6, 6.07) is 14.3. The van der Waals surface area contributed by atoms with E-state index in [9.17, 15) is 9.18 Å². The molecule has 0 aliphatic carbocycles. The summed E-state index contributed by atoms with van der Waals surface area (Å²) in [5.41, 5.74) is 3.20. The van der Waals surface area contributed by atoms with Gasteiger partial charge in [0, 0.05) is 31.5 Å². The first kappa shape index (κ1) is 19.5. The molecule has 2 fully saturated rings. The first-order valence-corrected chi connectivity index (χ1v) is 10.7. The van der Waals surface area contributed by atoms with E-state index in [1.807, 2.05) is 17.0 Å². The minimum Gasteiger partial charge on any atom is -0.445 e. The van der Waals surface area contributed by atoms with Gasteiger partial charge in [0.25, 0.3) is 0 Å². The van der Waals surface area contributed by atoms with Crippen molar-refractivity contribution in [1.29, 1.82) is 0 Å². The third-order valence-electron chi connectivity index (χ3n) is 6.63. The van der Waals surface area contributed by atoms with Crippen molar-refractivity contribution in [2.45, 2.75) is 18.6 Å². The highest BCUT2D eigenvalue weighted by Crippen LogP contribution is 2.37. The molecule has 5 nitrogen and oxygen atoms in total. The fourth-order valence-corrected chi connectivity index (χ4v) is 5.28. The normalized spacial score (nSPS) is 28.7. The van der Waals surface area contributed by atoms with E-state index >= 15 is 0 Å². The highest BCUT2D eigenvalue weighted by Gasteiger charge is 2.43. The summed E-state index contributed by atoms with van der Waals surface area (Å²) in [6.45, 7) is 3.58. The first-order valence-electron chi connectivity index (χ1n) is 10.7. The van der Waals surface area contributed by atoms with Gasteiger partial charge in [-0.25, -0.2) is 9.18 Å². The van der Waals surface area contributed by atoms with Crippen LogP contribution in [-0.2, 0) is 15.9 Å². The van der Waals surface area contributed by atoms with Crippen LogP contribution in [0.3, 0.4) is 0 Å². The molecule has 6 heteroatoms. The van der Waals surface area contributed by atoms with Gasteiger partial charge in [0.2, 0.25) is 0 Å². The van der Waals surface area contributed by atoms with Gasteiger partial charge in [-0.05, 0) is 42.3 Å². The maximum absolute atomic E-state index is 13.6. The van der Waals surface area contributed by atoms with Gasteiger partial charge in [0.05, 0.1) is 19.3 Å². The van der Waals surface area contributed by atoms with E-state index < -0.39 is 0 Å². The molecule has 5 rings (SSSR count). The molecule has 1 unspecified atom stereocenters. The van der Waals surface area contributed by atoms with Crippen LogP contribution in [0.5, 0.6) is 0 Å². The molecule has 2 bridgehead atoms. The Morgan fingerprint density at radius 3 is 2.50 bits per heavy atom. The third kappa shape index (κ3) is 3.59. The number of ether oxygens (including phenoxy) is 2. The standard InChI is InChI=1S/C24H27FN2O3/c1-26-12-18-14-29-15-19(13-26)23(18)30-24(28)27-11-10-16-4-2-3-5-21(16)22(27)17-6-8-20(25)9-7-17/h2-9,18-19,22-23H,10-15H2,1H3/t18-,19-,22?/m0/s1. The number of halogens is 1. The summed E-state index contributed by atoms with van der Waals surface area (Å²) in [6.07, 6.45) is 0.380. The molecule has 0 spiro atoms. The number of nitrogens with zero attached hydrogens (tertiary/aromatic N) is 2. The van der Waals surface area contributed by atoms with Crippen molar-refractivity contribution in [3.63, 3.8) is 0 Å². The van der Waals surface area contributed by atoms with Crippen molar-refractivity contribution >= 4 is 6.09 Å². The Morgan fingerprint density at radius 1 is 1.07 bits per heavy atom. The van der Waals surface area contributed by atoms with Gasteiger partial charge >= 0.3 is 6.09 Å². The Morgan fingerprint density at radius 2 is 1.77 bits per heavy atom. The summed E-state index contributed by atoms with van der Waals surface area (Å²) in [7, 11) is 2.11. The van der Waals surface area contributed by atoms with Crippen molar-refractivity contribution in [1.82, 2.24) is 9.80 Å². The molecule has 1 amide bonds. The van der Waals surface area contributed by atoms with Crippen LogP contribution < -0.4 is 0 Å². The van der Waals surface area contributed by atoms with Crippen molar-refractivity contribution in [3.8, 4) is 0 Å². The van der Waals surface area contributed by atoms with Crippen molar-refractivity contribution < 1.29 is 18.7 Å². The molecule has 0 radical (unpaired) electrons. The third-order valence-corrected chi connectivity index (χ3v) is 6.63. The average Bonchev–Trinajstić information content (AvgIpc) is 2.74. The zero-order chi connectivity index (χ0) is 20.7. The summed E-state index contributed by atoms with van der Waals surface area (Å²) >= 11 is 0. The molecule has 3 heterocycles. The number of hydrogen-bond acceptors (Lipinski definition) is 4. The largest absolute Gasteiger partial charge is 0.445 e. The topological polar surface area (TPSA) is 42.0 Å². The van der Waals surface area contributed by atoms with E-state index in [0.717, 1.165) is 30.6 Å². The Kier molecular flexibility index (Phi) is 5.21. The van der Waals surface area contributed by atoms with Crippen LogP contribution in [0.1, 0.15) is 22.7 Å². The second-order valence-corrected chi connectivity index (χ2v) is 8.72. The van der Waals surface area contributed by atoms with Gasteiger partial charge in [0.1, 0.15) is 11.9 Å². The number of benzene rings is 2. The van der Waals surface area contributed by atoms with Gasteiger partial charge in [-0.3, -0.25) is 4.90 Å². The fourth-order valence-electron chi connectivity index (χ4n) is 5.28. The Labute approximate surface area is 176 Å². The number of carbonyl (C=O) groups excluding carboxylic acids is 1. The summed E-state index contributed by atoms with van der Waals surface area (Å²) in [5.74, 6) is 0.122. The van der Waals surface area contributed by atoms with Crippen LogP contribution in [0, 0.1) is 17.7 Å². The SMILES string of the molecule is CN1C[C@H]2COC[C@H](C1)C2OC(=O)N1CCc2ccccc2C1c1ccc(F)cc1. The molecule has 0 saturated carbocycles. The zero-order valence-electron chi connectivity index (χ0n) is 17.2. The molecular weight excluding hydrogens is 383 g/mol. The number of carbonyl (C=O) groups is 1. The van der Waals surface area contributed by atoms with Crippen LogP contribution >= 0.6 is 0 Å². The van der Waals surface area contributed by atoms with Crippen molar-refractivity contribution in [2.24, 2.45) is 11.8 Å². The lowest BCUT2D eigenvalue weighted by Crippen LogP contribution is -2.56. The maximum atomic E-state index is 13.6. The minimum atomic E-state index is -0.287.